The van der Waals surface area contributed by atoms with Gasteiger partial charge in [0.15, 0.2) is 0 Å². The van der Waals surface area contributed by atoms with Crippen molar-refractivity contribution in [3.05, 3.63) is 96.6 Å². The molecule has 4 atom stereocenters. The van der Waals surface area contributed by atoms with Crippen LogP contribution in [-0.4, -0.2) is 86.9 Å². The number of carbonyl (C=O) groups is 2. The second-order valence-electron chi connectivity index (χ2n) is 13.3. The number of anilines is 2. The van der Waals surface area contributed by atoms with Crippen LogP contribution in [-0.2, 0) is 14.8 Å². The van der Waals surface area contributed by atoms with Gasteiger partial charge >= 0.3 is 6.03 Å². The van der Waals surface area contributed by atoms with Crippen molar-refractivity contribution in [3.8, 4) is 5.75 Å². The van der Waals surface area contributed by atoms with Gasteiger partial charge in [-0.3, -0.25) is 9.52 Å². The highest BCUT2D eigenvalue weighted by molar-refractivity contribution is 7.92. The number of hydrogen-bond acceptors (Lipinski definition) is 7. The average Bonchev–Trinajstić information content (AvgIpc) is 3.13. The summed E-state index contributed by atoms with van der Waals surface area (Å²) < 4.78 is 41.6. The number of carbonyl (C=O) groups excluding carboxylic acids is 2. The van der Waals surface area contributed by atoms with Gasteiger partial charge in [-0.2, -0.15) is 0 Å². The molecule has 4 aromatic rings. The molecule has 0 saturated heterocycles. The molecule has 3 N–H and O–H groups in total. The molecule has 1 aliphatic rings. The number of nitrogens with zero attached hydrogens (tertiary/aromatic N) is 2. The second-order valence-corrected chi connectivity index (χ2v) is 14.9. The molecule has 0 fully saturated rings. The molecule has 0 spiro atoms. The first-order chi connectivity index (χ1) is 24.5. The van der Waals surface area contributed by atoms with Crippen molar-refractivity contribution in [2.75, 3.05) is 43.4 Å². The summed E-state index contributed by atoms with van der Waals surface area (Å²) in [4.78, 5) is 31.1. The average molecular weight is 717 g/mol. The van der Waals surface area contributed by atoms with E-state index in [9.17, 15) is 23.1 Å². The van der Waals surface area contributed by atoms with Crippen molar-refractivity contribution in [1.82, 2.24) is 9.80 Å². The number of fused-ring (bicyclic) bond motifs is 2. The minimum Gasteiger partial charge on any atom is -0.490 e. The van der Waals surface area contributed by atoms with Crippen molar-refractivity contribution in [3.63, 3.8) is 0 Å². The van der Waals surface area contributed by atoms with Gasteiger partial charge in [0.2, 0.25) is 0 Å². The van der Waals surface area contributed by atoms with Crippen LogP contribution in [0.5, 0.6) is 5.75 Å². The molecule has 1 aliphatic heterocycles. The normalized spacial score (nSPS) is 19.7. The van der Waals surface area contributed by atoms with E-state index >= 15 is 0 Å². The lowest BCUT2D eigenvalue weighted by molar-refractivity contribution is -0.0115. The third kappa shape index (κ3) is 9.57. The Kier molecular flexibility index (Phi) is 12.6. The number of amides is 3. The predicted molar refractivity (Wildman–Crippen MR) is 200 cm³/mol. The first kappa shape index (κ1) is 37.6. The molecule has 11 nitrogen and oxygen atoms in total. The highest BCUT2D eigenvalue weighted by atomic mass is 32.2. The van der Waals surface area contributed by atoms with E-state index in [4.69, 9.17) is 9.47 Å². The van der Waals surface area contributed by atoms with Crippen LogP contribution in [0.25, 0.3) is 10.8 Å². The van der Waals surface area contributed by atoms with Crippen LogP contribution in [0.4, 0.5) is 16.2 Å². The molecule has 4 aromatic carbocycles. The maximum absolute atomic E-state index is 14.4. The van der Waals surface area contributed by atoms with Gasteiger partial charge in [-0.25, -0.2) is 13.2 Å². The molecule has 0 saturated carbocycles. The van der Waals surface area contributed by atoms with E-state index < -0.39 is 28.1 Å². The lowest BCUT2D eigenvalue weighted by atomic mass is 10.0. The van der Waals surface area contributed by atoms with Gasteiger partial charge in [0.25, 0.3) is 15.9 Å². The maximum Gasteiger partial charge on any atom is 0.321 e. The number of benzene rings is 4. The fourth-order valence-corrected chi connectivity index (χ4v) is 7.23. The Balaban J connectivity index is 1.40. The topological polar surface area (TPSA) is 138 Å². The van der Waals surface area contributed by atoms with Crippen LogP contribution >= 0.6 is 0 Å². The van der Waals surface area contributed by atoms with Crippen molar-refractivity contribution in [1.29, 1.82) is 0 Å². The van der Waals surface area contributed by atoms with Gasteiger partial charge in [-0.15, -0.1) is 0 Å². The molecule has 0 aromatic heterocycles. The summed E-state index contributed by atoms with van der Waals surface area (Å²) in [5, 5.41) is 15.3. The Morgan fingerprint density at radius 1 is 1.00 bits per heavy atom. The molecular weight excluding hydrogens is 669 g/mol. The Bertz CT molecular complexity index is 1900. The van der Waals surface area contributed by atoms with Crippen molar-refractivity contribution < 1.29 is 32.6 Å². The van der Waals surface area contributed by atoms with Crippen LogP contribution in [0.15, 0.2) is 95.9 Å². The lowest BCUT2D eigenvalue weighted by Crippen LogP contribution is -2.48. The largest absolute Gasteiger partial charge is 0.490 e. The number of aliphatic hydroxyl groups excluding tert-OH is 1. The molecule has 0 aliphatic carbocycles. The van der Waals surface area contributed by atoms with Crippen molar-refractivity contribution in [2.45, 2.75) is 63.2 Å². The smallest absolute Gasteiger partial charge is 0.321 e. The van der Waals surface area contributed by atoms with E-state index in [1.165, 1.54) is 18.2 Å². The van der Waals surface area contributed by atoms with E-state index in [2.05, 4.69) is 10.0 Å². The number of nitrogens with one attached hydrogen (secondary N) is 2. The monoisotopic (exact) mass is 716 g/mol. The minimum absolute atomic E-state index is 0.0902. The van der Waals surface area contributed by atoms with Gasteiger partial charge in [0.05, 0.1) is 41.0 Å². The number of likely N-dealkylation sites (N-methyl/N-ethyl adjacent to an activating group) is 1. The second kappa shape index (κ2) is 17.0. The summed E-state index contributed by atoms with van der Waals surface area (Å²) in [6.45, 7) is 6.25. The Morgan fingerprint density at radius 3 is 2.49 bits per heavy atom. The van der Waals surface area contributed by atoms with Gasteiger partial charge in [0, 0.05) is 43.7 Å². The first-order valence-corrected chi connectivity index (χ1v) is 18.9. The SMILES string of the molecule is C[C@H]1CCCCO[C@@H](CN(C)C(=O)Nc2cccc3ccccc23)[C@@H](C)CN([C@@H](C)CO)C(=O)c2cc(NS(=O)(=O)c3ccccc3)ccc2O1. The van der Waals surface area contributed by atoms with Gasteiger partial charge in [-0.1, -0.05) is 61.5 Å². The molecule has 272 valence electrons. The van der Waals surface area contributed by atoms with E-state index in [0.717, 1.165) is 23.6 Å². The van der Waals surface area contributed by atoms with E-state index in [1.54, 1.807) is 54.1 Å². The van der Waals surface area contributed by atoms with Crippen molar-refractivity contribution >= 4 is 44.1 Å². The molecule has 0 bridgehead atoms. The Hall–Kier alpha value is -4.65. The van der Waals surface area contributed by atoms with Gasteiger partial charge in [-0.05, 0) is 74.9 Å². The van der Waals surface area contributed by atoms with E-state index in [-0.39, 0.29) is 53.9 Å². The van der Waals surface area contributed by atoms with Crippen LogP contribution in [0.1, 0.15) is 50.4 Å². The summed E-state index contributed by atoms with van der Waals surface area (Å²) in [5.74, 6) is -0.362. The highest BCUT2D eigenvalue weighted by Gasteiger charge is 2.31. The zero-order chi connectivity index (χ0) is 36.5. The number of aliphatic hydroxyl groups is 1. The zero-order valence-corrected chi connectivity index (χ0v) is 30.4. The van der Waals surface area contributed by atoms with Crippen LogP contribution in [0.2, 0.25) is 0 Å². The van der Waals surface area contributed by atoms with Crippen LogP contribution in [0, 0.1) is 5.92 Å². The summed E-state index contributed by atoms with van der Waals surface area (Å²) in [7, 11) is -2.21. The maximum atomic E-state index is 14.4. The molecule has 3 amide bonds. The van der Waals surface area contributed by atoms with E-state index in [0.29, 0.717) is 24.5 Å². The third-order valence-corrected chi connectivity index (χ3v) is 10.6. The number of rotatable bonds is 8. The van der Waals surface area contributed by atoms with E-state index in [1.807, 2.05) is 56.3 Å². The molecule has 12 heteroatoms. The summed E-state index contributed by atoms with van der Waals surface area (Å²) in [6, 6.07) is 25.4. The number of sulfonamides is 1. The first-order valence-electron chi connectivity index (χ1n) is 17.4. The molecule has 0 unspecified atom stereocenters. The fraction of sp³-hybridized carbons (Fsp3) is 0.385. The molecular formula is C39H48N4O7S. The summed E-state index contributed by atoms with van der Waals surface area (Å²) in [5.41, 5.74) is 1.08. The summed E-state index contributed by atoms with van der Waals surface area (Å²) in [6.07, 6.45) is 1.60. The number of urea groups is 1. The predicted octanol–water partition coefficient (Wildman–Crippen LogP) is 6.60. The number of hydrogen-bond donors (Lipinski definition) is 3. The van der Waals surface area contributed by atoms with Crippen LogP contribution < -0.4 is 14.8 Å². The quantitative estimate of drug-likeness (QED) is 0.187. The Morgan fingerprint density at radius 2 is 1.73 bits per heavy atom. The molecule has 51 heavy (non-hydrogen) atoms. The molecule has 5 rings (SSSR count). The molecule has 0 radical (unpaired) electrons. The fourth-order valence-electron chi connectivity index (χ4n) is 6.16. The third-order valence-electron chi connectivity index (χ3n) is 9.19. The van der Waals surface area contributed by atoms with Crippen LogP contribution in [0.3, 0.4) is 0 Å². The zero-order valence-electron chi connectivity index (χ0n) is 29.6. The minimum atomic E-state index is -3.93. The van der Waals surface area contributed by atoms with Crippen molar-refractivity contribution in [2.24, 2.45) is 5.92 Å². The highest BCUT2D eigenvalue weighted by Crippen LogP contribution is 2.30. The lowest BCUT2D eigenvalue weighted by Gasteiger charge is -2.35. The summed E-state index contributed by atoms with van der Waals surface area (Å²) >= 11 is 0. The Labute approximate surface area is 300 Å². The van der Waals surface area contributed by atoms with Gasteiger partial charge < -0.3 is 29.7 Å². The standard InChI is InChI=1S/C39H48N4O7S/c1-27-24-43(28(2)26-44)38(45)34-23-31(41-51(47,48)32-16-6-5-7-17-32)20-21-36(34)50-29(3)13-10-11-22-49-37(27)25-42(4)39(46)40-35-19-12-15-30-14-8-9-18-33(30)35/h5-9,12,14-21,23,27-29,37,41,44H,10-11,13,22,24-26H2,1-4H3,(H,40,46)/t27-,28-,29-,37-/m0/s1. The van der Waals surface area contributed by atoms with Gasteiger partial charge in [0.1, 0.15) is 5.75 Å². The molecule has 1 heterocycles. The number of ether oxygens (including phenoxy) is 2.